The molecule has 2 aromatic carbocycles. The lowest BCUT2D eigenvalue weighted by molar-refractivity contribution is 0.0335. The largest absolute Gasteiger partial charge is 0.524 e. The van der Waals surface area contributed by atoms with Crippen LogP contribution < -0.4 is 0 Å². The third kappa shape index (κ3) is 4.97. The van der Waals surface area contributed by atoms with Crippen LogP contribution in [0.1, 0.15) is 73.4 Å². The van der Waals surface area contributed by atoms with Gasteiger partial charge in [0.15, 0.2) is 0 Å². The molecule has 0 atom stereocenters. The third-order valence-electron chi connectivity index (χ3n) is 4.48. The molecule has 2 aromatic rings. The molecule has 7 nitrogen and oxygen atoms in total. The lowest BCUT2D eigenvalue weighted by Gasteiger charge is -2.21. The standard InChI is InChI=1S/C23H26O7/c1-22(2,3)15-11-7-9-13(17(15)24)19(26)29-21(28)30-20(27)14-10-8-12-16(18(14)25)23(4,5)6/h7-12,24-25H,1-6H3. The van der Waals surface area contributed by atoms with Gasteiger partial charge in [0.05, 0.1) is 0 Å². The van der Waals surface area contributed by atoms with E-state index in [9.17, 15) is 24.6 Å². The van der Waals surface area contributed by atoms with E-state index in [4.69, 9.17) is 0 Å². The van der Waals surface area contributed by atoms with Crippen molar-refractivity contribution in [3.63, 3.8) is 0 Å². The fraction of sp³-hybridized carbons (Fsp3) is 0.348. The monoisotopic (exact) mass is 414 g/mol. The number of phenols is 2. The summed E-state index contributed by atoms with van der Waals surface area (Å²) in [5.41, 5.74) is -0.386. The zero-order chi connectivity index (χ0) is 22.9. The van der Waals surface area contributed by atoms with Crippen molar-refractivity contribution >= 4 is 18.1 Å². The SMILES string of the molecule is CC(C)(C)c1cccc(C(=O)OC(=O)OC(=O)c2cccc(C(C)(C)C)c2O)c1O. The van der Waals surface area contributed by atoms with Crippen molar-refractivity contribution in [3.05, 3.63) is 58.7 Å². The fourth-order valence-electron chi connectivity index (χ4n) is 2.91. The van der Waals surface area contributed by atoms with Crippen LogP contribution in [0.4, 0.5) is 4.79 Å². The van der Waals surface area contributed by atoms with Crippen LogP contribution in [-0.2, 0) is 20.3 Å². The molecule has 2 rings (SSSR count). The molecular weight excluding hydrogens is 388 g/mol. The highest BCUT2D eigenvalue weighted by Gasteiger charge is 2.28. The Labute approximate surface area is 175 Å². The Bertz CT molecular complexity index is 912. The van der Waals surface area contributed by atoms with E-state index in [1.807, 2.05) is 41.5 Å². The van der Waals surface area contributed by atoms with Gasteiger partial charge < -0.3 is 19.7 Å². The molecule has 0 aliphatic carbocycles. The predicted octanol–water partition coefficient (Wildman–Crippen LogP) is 4.83. The molecule has 2 N–H and O–H groups in total. The van der Waals surface area contributed by atoms with Crippen LogP contribution in [0.15, 0.2) is 36.4 Å². The van der Waals surface area contributed by atoms with Gasteiger partial charge in [-0.05, 0) is 23.0 Å². The molecule has 0 fully saturated rings. The summed E-state index contributed by atoms with van der Waals surface area (Å²) in [4.78, 5) is 36.5. The van der Waals surface area contributed by atoms with Crippen molar-refractivity contribution in [2.24, 2.45) is 0 Å². The molecule has 0 radical (unpaired) electrons. The van der Waals surface area contributed by atoms with Gasteiger partial charge in [0, 0.05) is 11.1 Å². The maximum Gasteiger partial charge on any atom is 0.524 e. The van der Waals surface area contributed by atoms with Gasteiger partial charge >= 0.3 is 18.1 Å². The number of phenolic OH excluding ortho intramolecular Hbond substituents is 2. The Morgan fingerprint density at radius 3 is 1.30 bits per heavy atom. The number of carbonyl (C=O) groups excluding carboxylic acids is 3. The number of benzene rings is 2. The average molecular weight is 414 g/mol. The molecule has 0 saturated heterocycles. The van der Waals surface area contributed by atoms with Crippen LogP contribution in [0.25, 0.3) is 0 Å². The Morgan fingerprint density at radius 1 is 0.667 bits per heavy atom. The van der Waals surface area contributed by atoms with Crippen LogP contribution >= 0.6 is 0 Å². The Hall–Kier alpha value is -3.35. The molecule has 0 aliphatic heterocycles. The number of ether oxygens (including phenoxy) is 2. The molecule has 0 amide bonds. The van der Waals surface area contributed by atoms with E-state index in [-0.39, 0.29) is 22.6 Å². The Kier molecular flexibility index (Phi) is 6.25. The maximum atomic E-state index is 12.3. The summed E-state index contributed by atoms with van der Waals surface area (Å²) >= 11 is 0. The van der Waals surface area contributed by atoms with E-state index in [2.05, 4.69) is 9.47 Å². The lowest BCUT2D eigenvalue weighted by atomic mass is 9.85. The second kappa shape index (κ2) is 8.18. The summed E-state index contributed by atoms with van der Waals surface area (Å²) in [6.07, 6.45) is -1.56. The van der Waals surface area contributed by atoms with Crippen molar-refractivity contribution in [1.82, 2.24) is 0 Å². The first-order valence-corrected chi connectivity index (χ1v) is 9.36. The van der Waals surface area contributed by atoms with Crippen molar-refractivity contribution < 1.29 is 34.1 Å². The second-order valence-electron chi connectivity index (χ2n) is 8.93. The van der Waals surface area contributed by atoms with Gasteiger partial charge in [0.25, 0.3) is 0 Å². The highest BCUT2D eigenvalue weighted by molar-refractivity contribution is 6.02. The second-order valence-corrected chi connectivity index (χ2v) is 8.93. The minimum atomic E-state index is -1.56. The number of aromatic hydroxyl groups is 2. The average Bonchev–Trinajstić information content (AvgIpc) is 2.59. The van der Waals surface area contributed by atoms with Crippen LogP contribution in [0, 0.1) is 0 Å². The molecule has 0 unspecified atom stereocenters. The maximum absolute atomic E-state index is 12.3. The predicted molar refractivity (Wildman–Crippen MR) is 110 cm³/mol. The van der Waals surface area contributed by atoms with E-state index in [0.717, 1.165) is 0 Å². The number of rotatable bonds is 2. The van der Waals surface area contributed by atoms with Gasteiger partial charge in [0.2, 0.25) is 0 Å². The molecule has 0 bridgehead atoms. The summed E-state index contributed by atoms with van der Waals surface area (Å²) in [6, 6.07) is 8.98. The molecule has 160 valence electrons. The highest BCUT2D eigenvalue weighted by Crippen LogP contribution is 2.34. The molecule has 30 heavy (non-hydrogen) atoms. The van der Waals surface area contributed by atoms with Crippen molar-refractivity contribution in [3.8, 4) is 11.5 Å². The van der Waals surface area contributed by atoms with E-state index < -0.39 is 28.9 Å². The quantitative estimate of drug-likeness (QED) is 0.535. The summed E-state index contributed by atoms with van der Waals surface area (Å²) < 4.78 is 9.10. The minimum Gasteiger partial charge on any atom is -0.507 e. The zero-order valence-corrected chi connectivity index (χ0v) is 17.9. The van der Waals surface area contributed by atoms with Gasteiger partial charge in [-0.1, -0.05) is 65.8 Å². The minimum absolute atomic E-state index is 0.232. The van der Waals surface area contributed by atoms with E-state index in [1.165, 1.54) is 12.1 Å². The summed E-state index contributed by atoms with van der Waals surface area (Å²) in [6.45, 7) is 11.1. The van der Waals surface area contributed by atoms with Crippen LogP contribution in [0.5, 0.6) is 11.5 Å². The van der Waals surface area contributed by atoms with E-state index in [0.29, 0.717) is 11.1 Å². The van der Waals surface area contributed by atoms with Gasteiger partial charge in [-0.3, -0.25) is 0 Å². The van der Waals surface area contributed by atoms with E-state index >= 15 is 0 Å². The molecular formula is C23H26O7. The number of esters is 2. The number of hydrogen-bond acceptors (Lipinski definition) is 7. The zero-order valence-electron chi connectivity index (χ0n) is 17.9. The molecule has 0 saturated carbocycles. The van der Waals surface area contributed by atoms with Crippen LogP contribution in [-0.4, -0.2) is 28.3 Å². The van der Waals surface area contributed by atoms with Gasteiger partial charge in [-0.25, -0.2) is 14.4 Å². The highest BCUT2D eigenvalue weighted by atomic mass is 16.8. The fourth-order valence-corrected chi connectivity index (χ4v) is 2.91. The molecule has 7 heteroatoms. The van der Waals surface area contributed by atoms with Crippen molar-refractivity contribution in [1.29, 1.82) is 0 Å². The first-order chi connectivity index (χ1) is 13.7. The Balaban J connectivity index is 2.18. The van der Waals surface area contributed by atoms with E-state index in [1.54, 1.807) is 24.3 Å². The summed E-state index contributed by atoms with van der Waals surface area (Å²) in [5.74, 6) is -2.96. The Morgan fingerprint density at radius 2 is 1.00 bits per heavy atom. The van der Waals surface area contributed by atoms with Crippen molar-refractivity contribution in [2.75, 3.05) is 0 Å². The van der Waals surface area contributed by atoms with Gasteiger partial charge in [-0.15, -0.1) is 0 Å². The summed E-state index contributed by atoms with van der Waals surface area (Å²) in [5, 5.41) is 20.7. The summed E-state index contributed by atoms with van der Waals surface area (Å²) in [7, 11) is 0. The van der Waals surface area contributed by atoms with Crippen molar-refractivity contribution in [2.45, 2.75) is 52.4 Å². The van der Waals surface area contributed by atoms with Gasteiger partial charge in [0.1, 0.15) is 22.6 Å². The molecule has 0 spiro atoms. The normalized spacial score (nSPS) is 11.7. The van der Waals surface area contributed by atoms with Gasteiger partial charge in [-0.2, -0.15) is 0 Å². The first kappa shape index (κ1) is 22.9. The number of hydrogen-bond donors (Lipinski definition) is 2. The molecule has 0 aromatic heterocycles. The molecule has 0 aliphatic rings. The lowest BCUT2D eigenvalue weighted by Crippen LogP contribution is -2.20. The topological polar surface area (TPSA) is 110 Å². The number of para-hydroxylation sites is 2. The van der Waals surface area contributed by atoms with Crippen LogP contribution in [0.2, 0.25) is 0 Å². The number of carbonyl (C=O) groups is 3. The first-order valence-electron chi connectivity index (χ1n) is 9.36. The molecule has 0 heterocycles. The van der Waals surface area contributed by atoms with Crippen LogP contribution in [0.3, 0.4) is 0 Å². The smallest absolute Gasteiger partial charge is 0.507 e. The third-order valence-corrected chi connectivity index (χ3v) is 4.48.